The van der Waals surface area contributed by atoms with E-state index < -0.39 is 153 Å². The molecule has 12 N–H and O–H groups in total. The van der Waals surface area contributed by atoms with Crippen molar-refractivity contribution in [1.82, 2.24) is 107 Å². The molecule has 20 atom stereocenters. The Hall–Kier alpha value is -10.6. The van der Waals surface area contributed by atoms with Gasteiger partial charge in [-0.2, -0.15) is 0 Å². The Morgan fingerprint density at radius 1 is 0.340 bits per heavy atom. The van der Waals surface area contributed by atoms with Gasteiger partial charge in [-0.3, -0.25) is 0 Å². The van der Waals surface area contributed by atoms with Crippen LogP contribution < -0.4 is 28.7 Å². The van der Waals surface area contributed by atoms with Crippen LogP contribution in [-0.4, -0.2) is 371 Å². The molecule has 17 rings (SSSR count). The molecular formula is C85H119N27O24Se5. The van der Waals surface area contributed by atoms with E-state index in [0.717, 1.165) is 19.3 Å². The van der Waals surface area contributed by atoms with Crippen LogP contribution in [0.1, 0.15) is 138 Å². The number of likely N-dealkylation sites (tertiary alicyclic amines) is 1. The van der Waals surface area contributed by atoms with E-state index in [9.17, 15) is 48.6 Å². The number of esters is 6. The second-order valence-corrected chi connectivity index (χ2v) is 42.1. The second kappa shape index (κ2) is 51.6. The van der Waals surface area contributed by atoms with Gasteiger partial charge in [-0.05, 0) is 0 Å². The number of aliphatic hydroxyl groups excluding tert-OH is 2. The number of rotatable bonds is 29. The van der Waals surface area contributed by atoms with E-state index in [1.54, 1.807) is 46.5 Å². The third kappa shape index (κ3) is 25.8. The van der Waals surface area contributed by atoms with Crippen LogP contribution in [0.4, 0.5) is 38.7 Å². The number of aromatic nitrogens is 20. The fourth-order valence-electron chi connectivity index (χ4n) is 16.4. The molecule has 7 saturated heterocycles. The molecule has 17 heterocycles. The van der Waals surface area contributed by atoms with Crippen molar-refractivity contribution in [2.45, 2.75) is 285 Å². The van der Waals surface area contributed by atoms with Gasteiger partial charge in [0.25, 0.3) is 0 Å². The summed E-state index contributed by atoms with van der Waals surface area (Å²) in [6, 6.07) is 0. The molecule has 7 aliphatic heterocycles. The fraction of sp³-hybridized carbons (Fsp3) is 0.612. The van der Waals surface area contributed by atoms with Crippen LogP contribution in [0.15, 0.2) is 63.3 Å². The third-order valence-electron chi connectivity index (χ3n) is 23.0. The van der Waals surface area contributed by atoms with E-state index in [1.807, 2.05) is 13.8 Å². The van der Waals surface area contributed by atoms with Crippen LogP contribution in [-0.2, 0) is 95.1 Å². The summed E-state index contributed by atoms with van der Waals surface area (Å²) < 4.78 is 89.3. The SMILES string of the molecule is C.CCC(=O)OC1[C@@H](C[Se]C)O[C@@H](n2cnc3c(N)ncnc32)[C@H]1OC(=O)CC.CCCC(=O)OC1[C@@H](C[Se]C)O[C@@H](n2cnc3c(N)ncnc32)[C@H]1OC(=O)CCC.C[Se]C[C@H]1O[C@@H](n2cnc3c(N)ncnc32)[C@@H](O)C1OC(=O)N1CCOCC1.C[Se]C[C@H]1O[C@@H](n2cnc3c(N)ncnc32)[C@@H](OC(=O)N2CCCCC2)C1O.C[Se]C[C@H]1O[C@@H](n2cnc3c(N)ncnc32)[C@@H](OC(C)=O)C1OC(C)=O. The zero-order valence-electron chi connectivity index (χ0n) is 78.6. The first-order chi connectivity index (χ1) is 67.6. The molecule has 51 nitrogen and oxygen atoms in total. The van der Waals surface area contributed by atoms with Crippen molar-refractivity contribution in [2.24, 2.45) is 0 Å². The van der Waals surface area contributed by atoms with Crippen molar-refractivity contribution in [3.8, 4) is 0 Å². The van der Waals surface area contributed by atoms with Crippen LogP contribution in [0, 0.1) is 0 Å². The Balaban J connectivity index is 0.000000157. The number of nitrogens with two attached hydrogens (primary N) is 5. The van der Waals surface area contributed by atoms with Gasteiger partial charge in [-0.25, -0.2) is 0 Å². The number of anilines is 5. The Morgan fingerprint density at radius 3 is 0.965 bits per heavy atom. The molecule has 0 aliphatic carbocycles. The Labute approximate surface area is 840 Å². The predicted molar refractivity (Wildman–Crippen MR) is 508 cm³/mol. The van der Waals surface area contributed by atoms with E-state index in [0.29, 0.717) is 156 Å². The zero-order valence-corrected chi connectivity index (χ0v) is 87.2. The normalized spacial score (nSPS) is 25.7. The summed E-state index contributed by atoms with van der Waals surface area (Å²) in [5.41, 5.74) is 33.8. The molecule has 0 bridgehead atoms. The monoisotopic (exact) mass is 2300 g/mol. The molecular weight excluding hydrogens is 2180 g/mol. The van der Waals surface area contributed by atoms with Gasteiger partial charge in [-0.1, -0.05) is 7.43 Å². The van der Waals surface area contributed by atoms with Crippen LogP contribution in [0.3, 0.4) is 0 Å². The van der Waals surface area contributed by atoms with Gasteiger partial charge in [0.1, 0.15) is 0 Å². The predicted octanol–water partition coefficient (Wildman–Crippen LogP) is 4.50. The summed E-state index contributed by atoms with van der Waals surface area (Å²) in [4.78, 5) is 162. The van der Waals surface area contributed by atoms with Crippen molar-refractivity contribution in [2.75, 3.05) is 68.1 Å². The van der Waals surface area contributed by atoms with Crippen molar-refractivity contribution < 1.29 is 115 Å². The molecule has 5 unspecified atom stereocenters. The molecule has 2 amide bonds. The Kier molecular flexibility index (Phi) is 39.9. The first-order valence-corrected chi connectivity index (χ1v) is 59.6. The molecule has 7 fully saturated rings. The van der Waals surface area contributed by atoms with Gasteiger partial charge in [0.05, 0.1) is 0 Å². The van der Waals surface area contributed by atoms with Crippen LogP contribution in [0.25, 0.3) is 55.8 Å². The van der Waals surface area contributed by atoms with E-state index in [4.69, 9.17) is 95.0 Å². The summed E-state index contributed by atoms with van der Waals surface area (Å²) >= 11 is 1.36. The summed E-state index contributed by atoms with van der Waals surface area (Å²) in [5.74, 6) is 9.13. The molecule has 0 aromatic carbocycles. The standard InChI is InChI=1S/C19H27N5O5Se.C17H24N6O4Se.C17H23N5O5Se.C16H22N6O5Se.C15H19N5O5Se.CH4/c1-4-6-12(25)28-15-11(8-30-3)27-19(16(15)29-13(26)7-5-2)24-10-23-14-17(20)21-9-22-18(14)24;1-28-7-10-12(24)13(27-17(25)22-5-3-2-4-6-22)16(26-10)23-9-21-11-14(18)19-8-20-15(11)23;1-4-10(23)26-13-9(6-28-3)25-17(14(13)27-11(24)5-2)22-8-21-12-15(18)19-7-20-16(12)22;1-28-6-9-12(27-16(24)21-2-4-25-5-3-21)11(23)15(26-9)22-8-20-10-13(17)18-7-19-14(10)22;1-7(21)23-11-9(4-26-3)25-15(12(11)24-8(2)22)20-6-19-10-13(16)17-5-18-14(10)20;/h9-11,15-16,19H,4-8H2,1-3H3,(H2,20,21,22);8-10,12-13,16,24H,2-7H2,1H3,(H2,18,19,20);7-9,13-14,17H,4-6H2,1-3H3,(H2,18,19,20);7-9,11-12,15,23H,2-6H2,1H3,(H2,17,18,19);5-6,9,11-12,15H,4H2,1-3H3,(H2,16,17,18);1H4/t11-,15?,16+,19-;10-,12?,13+,16-;9-,13?,14+,17-;9-,11+,12?,15-;9-,11?,12+,15-;/m11111./s1. The molecule has 0 radical (unpaired) electrons. The number of hydrogen-bond acceptors (Lipinski definition) is 44. The van der Waals surface area contributed by atoms with Gasteiger partial charge >= 0.3 is 839 Å². The maximum absolute atomic E-state index is 12.7. The minimum absolute atomic E-state index is 0. The van der Waals surface area contributed by atoms with Gasteiger partial charge in [-0.15, -0.1) is 0 Å². The summed E-state index contributed by atoms with van der Waals surface area (Å²) in [6.07, 6.45) is 4.81. The van der Waals surface area contributed by atoms with Crippen molar-refractivity contribution in [1.29, 1.82) is 0 Å². The van der Waals surface area contributed by atoms with Crippen molar-refractivity contribution >= 4 is 208 Å². The van der Waals surface area contributed by atoms with E-state index in [2.05, 4.69) is 104 Å². The quantitative estimate of drug-likeness (QED) is 0.0193. The number of nitrogens with zero attached hydrogens (tertiary/aromatic N) is 22. The van der Waals surface area contributed by atoms with E-state index >= 15 is 0 Å². The number of fused-ring (bicyclic) bond motifs is 5. The van der Waals surface area contributed by atoms with Crippen LogP contribution >= 0.6 is 0 Å². The number of hydrogen-bond donors (Lipinski definition) is 7. The number of ether oxygens (including phenoxy) is 14. The fourth-order valence-corrected chi connectivity index (χ4v) is 22.7. The third-order valence-corrected chi connectivity index (χ3v) is 29.9. The molecule has 0 spiro atoms. The van der Waals surface area contributed by atoms with Crippen molar-refractivity contribution in [3.05, 3.63) is 63.3 Å². The number of morpholine rings is 1. The van der Waals surface area contributed by atoms with Gasteiger partial charge in [0.15, 0.2) is 0 Å². The number of imidazole rings is 5. The Morgan fingerprint density at radius 2 is 0.617 bits per heavy atom. The van der Waals surface area contributed by atoms with Crippen LogP contribution in [0.5, 0.6) is 0 Å². The molecule has 10 aromatic heterocycles. The molecule has 56 heteroatoms. The van der Waals surface area contributed by atoms with Gasteiger partial charge in [0, 0.05) is 0 Å². The molecule has 141 heavy (non-hydrogen) atoms. The average Bonchev–Trinajstić information content (AvgIpc) is 1.58. The molecule has 0 saturated carbocycles. The van der Waals surface area contributed by atoms with Crippen LogP contribution in [0.2, 0.25) is 55.7 Å². The van der Waals surface area contributed by atoms with Gasteiger partial charge < -0.3 is 0 Å². The Bertz CT molecular complexity index is 5880. The first-order valence-electron chi connectivity index (χ1n) is 45.0. The number of aliphatic hydroxyl groups is 2. The number of piperidine rings is 1. The number of nitrogen functional groups attached to an aromatic ring is 5. The summed E-state index contributed by atoms with van der Waals surface area (Å²) in [6.45, 7) is 13.1. The molecule has 7 aliphatic rings. The topological polar surface area (TPSA) is 661 Å². The number of carbonyl (C=O) groups is 8. The maximum atomic E-state index is 12.7. The number of amides is 2. The van der Waals surface area contributed by atoms with Gasteiger partial charge in [0.2, 0.25) is 0 Å². The number of carbonyl (C=O) groups excluding carboxylic acids is 8. The summed E-state index contributed by atoms with van der Waals surface area (Å²) in [5, 5.41) is 25.3. The molecule has 768 valence electrons. The van der Waals surface area contributed by atoms with Crippen molar-refractivity contribution in [3.63, 3.8) is 0 Å². The van der Waals surface area contributed by atoms with E-state index in [-0.39, 0.29) is 134 Å². The molecule has 10 aromatic rings. The minimum atomic E-state index is -1.06. The second-order valence-electron chi connectivity index (χ2n) is 32.5. The van der Waals surface area contributed by atoms with E-state index in [1.165, 1.54) is 77.1 Å². The average molecular weight is 2300 g/mol. The first kappa shape index (κ1) is 109. The summed E-state index contributed by atoms with van der Waals surface area (Å²) in [7, 11) is 0. The zero-order chi connectivity index (χ0) is 100.